The Morgan fingerprint density at radius 3 is 2.61 bits per heavy atom. The first-order valence-electron chi connectivity index (χ1n) is 7.87. The van der Waals surface area contributed by atoms with Gasteiger partial charge in [0.05, 0.1) is 33.3 Å². The molecule has 2 aromatic carbocycles. The molecule has 0 saturated heterocycles. The van der Waals surface area contributed by atoms with Crippen LogP contribution in [0.3, 0.4) is 0 Å². The van der Waals surface area contributed by atoms with Crippen LogP contribution in [-0.4, -0.2) is 14.7 Å². The molecule has 3 rings (SSSR count). The second-order valence-corrected chi connectivity index (χ2v) is 6.72. The maximum atomic E-state index is 13.6. The van der Waals surface area contributed by atoms with E-state index in [9.17, 15) is 14.5 Å². The predicted octanol–water partition coefficient (Wildman–Crippen LogP) is 5.36. The Balaban J connectivity index is 2.19. The lowest BCUT2D eigenvalue weighted by Gasteiger charge is -2.13. The van der Waals surface area contributed by atoms with E-state index in [1.54, 1.807) is 26.1 Å². The molecule has 0 spiro atoms. The minimum Gasteiger partial charge on any atom is -0.333 e. The van der Waals surface area contributed by atoms with Gasteiger partial charge in [0.2, 0.25) is 0 Å². The average Bonchev–Trinajstić information content (AvgIpc) is 2.90. The number of aromatic nitrogens is 2. The van der Waals surface area contributed by atoms with E-state index in [1.807, 2.05) is 6.07 Å². The van der Waals surface area contributed by atoms with E-state index in [4.69, 9.17) is 28.5 Å². The number of halogens is 3. The first kappa shape index (κ1) is 19.6. The normalized spacial score (nSPS) is 10.6. The Kier molecular flexibility index (Phi) is 5.23. The summed E-state index contributed by atoms with van der Waals surface area (Å²) in [5.41, 5.74) is 1.56. The summed E-state index contributed by atoms with van der Waals surface area (Å²) in [6.07, 6.45) is 0. The van der Waals surface area contributed by atoms with Gasteiger partial charge in [-0.2, -0.15) is 10.4 Å². The van der Waals surface area contributed by atoms with E-state index >= 15 is 0 Å². The Morgan fingerprint density at radius 2 is 2.00 bits per heavy atom. The smallest absolute Gasteiger partial charge is 0.297 e. The molecule has 28 heavy (non-hydrogen) atoms. The molecule has 0 bridgehead atoms. The van der Waals surface area contributed by atoms with E-state index in [1.165, 1.54) is 10.7 Å². The van der Waals surface area contributed by atoms with Gasteiger partial charge in [-0.1, -0.05) is 29.3 Å². The lowest BCUT2D eigenvalue weighted by molar-refractivity contribution is -0.384. The quantitative estimate of drug-likeness (QED) is 0.453. The van der Waals surface area contributed by atoms with Gasteiger partial charge in [0.1, 0.15) is 17.3 Å². The van der Waals surface area contributed by atoms with Crippen molar-refractivity contribution in [3.8, 4) is 17.2 Å². The molecule has 142 valence electrons. The Morgan fingerprint density at radius 1 is 1.29 bits per heavy atom. The van der Waals surface area contributed by atoms with Crippen molar-refractivity contribution >= 4 is 40.4 Å². The highest BCUT2D eigenvalue weighted by Gasteiger charge is 2.24. The van der Waals surface area contributed by atoms with Crippen molar-refractivity contribution in [2.75, 3.05) is 5.32 Å². The van der Waals surface area contributed by atoms with Crippen LogP contribution in [0.1, 0.15) is 11.3 Å². The first-order chi connectivity index (χ1) is 13.2. The maximum absolute atomic E-state index is 13.6. The first-order valence-corrected chi connectivity index (χ1v) is 8.62. The molecule has 0 aliphatic rings. The van der Waals surface area contributed by atoms with Crippen molar-refractivity contribution < 1.29 is 9.31 Å². The van der Waals surface area contributed by atoms with Gasteiger partial charge in [0.25, 0.3) is 5.69 Å². The van der Waals surface area contributed by atoms with Crippen molar-refractivity contribution in [3.05, 3.63) is 67.6 Å². The van der Waals surface area contributed by atoms with Crippen LogP contribution in [-0.2, 0) is 7.05 Å². The molecule has 1 heterocycles. The third-order valence-electron chi connectivity index (χ3n) is 4.06. The molecule has 0 atom stereocenters. The molecule has 0 radical (unpaired) electrons. The molecule has 1 N–H and O–H groups in total. The summed E-state index contributed by atoms with van der Waals surface area (Å²) >= 11 is 12.4. The van der Waals surface area contributed by atoms with Crippen LogP contribution in [0.15, 0.2) is 30.3 Å². The van der Waals surface area contributed by atoms with Crippen molar-refractivity contribution in [1.29, 1.82) is 5.26 Å². The third kappa shape index (κ3) is 3.50. The molecule has 0 unspecified atom stereocenters. The van der Waals surface area contributed by atoms with Crippen LogP contribution in [0.4, 0.5) is 21.6 Å². The van der Waals surface area contributed by atoms with Crippen molar-refractivity contribution in [3.63, 3.8) is 0 Å². The molecule has 1 aromatic heterocycles. The van der Waals surface area contributed by atoms with Crippen molar-refractivity contribution in [2.45, 2.75) is 6.92 Å². The van der Waals surface area contributed by atoms with Gasteiger partial charge < -0.3 is 5.32 Å². The average molecular weight is 420 g/mol. The second kappa shape index (κ2) is 7.46. The summed E-state index contributed by atoms with van der Waals surface area (Å²) < 4.78 is 15.1. The lowest BCUT2D eigenvalue weighted by Crippen LogP contribution is -2.04. The molecule has 7 nitrogen and oxygen atoms in total. The summed E-state index contributed by atoms with van der Waals surface area (Å²) in [6.45, 7) is 1.75. The lowest BCUT2D eigenvalue weighted by atomic mass is 10.0. The van der Waals surface area contributed by atoms with Crippen LogP contribution in [0.2, 0.25) is 10.0 Å². The summed E-state index contributed by atoms with van der Waals surface area (Å²) in [5, 5.41) is 27.8. The number of hydrogen-bond donors (Lipinski definition) is 1. The van der Waals surface area contributed by atoms with E-state index in [-0.39, 0.29) is 10.7 Å². The highest BCUT2D eigenvalue weighted by Crippen LogP contribution is 2.41. The monoisotopic (exact) mass is 419 g/mol. The van der Waals surface area contributed by atoms with Gasteiger partial charge in [-0.15, -0.1) is 0 Å². The number of nitro benzene ring substituents is 1. The highest BCUT2D eigenvalue weighted by atomic mass is 35.5. The van der Waals surface area contributed by atoms with Crippen LogP contribution in [0.25, 0.3) is 11.1 Å². The molecular weight excluding hydrogens is 408 g/mol. The number of anilines is 2. The zero-order chi connectivity index (χ0) is 20.6. The standard InChI is InChI=1S/C18H12Cl2FN5O2/c1-9-16(12-4-3-10(8-22)5-13(12)19)18(25(2)24-9)23-17-14(20)6-11(21)7-15(17)26(27)28/h3-7,23H,1-2H3. The molecule has 0 amide bonds. The van der Waals surface area contributed by atoms with Gasteiger partial charge in [-0.25, -0.2) is 4.39 Å². The van der Waals surface area contributed by atoms with Gasteiger partial charge in [-0.3, -0.25) is 14.8 Å². The number of nitrogens with one attached hydrogen (secondary N) is 1. The van der Waals surface area contributed by atoms with Gasteiger partial charge >= 0.3 is 0 Å². The van der Waals surface area contributed by atoms with Crippen LogP contribution in [0, 0.1) is 34.2 Å². The molecule has 0 saturated carbocycles. The molecule has 0 aliphatic carbocycles. The van der Waals surface area contributed by atoms with Crippen molar-refractivity contribution in [1.82, 2.24) is 9.78 Å². The van der Waals surface area contributed by atoms with E-state index in [2.05, 4.69) is 10.4 Å². The fraction of sp³-hybridized carbons (Fsp3) is 0.111. The third-order valence-corrected chi connectivity index (χ3v) is 4.67. The van der Waals surface area contributed by atoms with E-state index in [0.717, 1.165) is 12.1 Å². The Labute approximate surface area is 169 Å². The fourth-order valence-corrected chi connectivity index (χ4v) is 3.38. The largest absolute Gasteiger partial charge is 0.333 e. The summed E-state index contributed by atoms with van der Waals surface area (Å²) in [7, 11) is 1.64. The van der Waals surface area contributed by atoms with E-state index < -0.39 is 16.4 Å². The van der Waals surface area contributed by atoms with Gasteiger partial charge in [0.15, 0.2) is 0 Å². The van der Waals surface area contributed by atoms with Crippen LogP contribution >= 0.6 is 23.2 Å². The number of nitrogens with zero attached hydrogens (tertiary/aromatic N) is 4. The molecule has 0 aliphatic heterocycles. The molecule has 0 fully saturated rings. The SMILES string of the molecule is Cc1nn(C)c(Nc2c(Cl)cc(F)cc2[N+](=O)[O-])c1-c1ccc(C#N)cc1Cl. The number of hydrogen-bond acceptors (Lipinski definition) is 5. The van der Waals surface area contributed by atoms with Crippen molar-refractivity contribution in [2.24, 2.45) is 7.05 Å². The topological polar surface area (TPSA) is 96.8 Å². The maximum Gasteiger partial charge on any atom is 0.297 e. The minimum absolute atomic E-state index is 0.0675. The molecular formula is C18H12Cl2FN5O2. The van der Waals surface area contributed by atoms with Gasteiger partial charge in [0, 0.05) is 23.2 Å². The minimum atomic E-state index is -0.821. The Bertz CT molecular complexity index is 1150. The number of benzene rings is 2. The van der Waals surface area contributed by atoms with Crippen LogP contribution in [0.5, 0.6) is 0 Å². The predicted molar refractivity (Wildman–Crippen MR) is 104 cm³/mol. The fourth-order valence-electron chi connectivity index (χ4n) is 2.86. The highest BCUT2D eigenvalue weighted by molar-refractivity contribution is 6.34. The summed E-state index contributed by atoms with van der Waals surface area (Å²) in [4.78, 5) is 10.6. The van der Waals surface area contributed by atoms with Gasteiger partial charge in [-0.05, 0) is 25.1 Å². The zero-order valence-electron chi connectivity index (χ0n) is 14.6. The summed E-state index contributed by atoms with van der Waals surface area (Å²) in [6, 6.07) is 8.55. The number of nitro groups is 1. The zero-order valence-corrected chi connectivity index (χ0v) is 16.1. The number of nitriles is 1. The number of aryl methyl sites for hydroxylation is 2. The second-order valence-electron chi connectivity index (χ2n) is 5.90. The number of rotatable bonds is 4. The van der Waals surface area contributed by atoms with E-state index in [0.29, 0.717) is 33.2 Å². The Hall–Kier alpha value is -3.15. The van der Waals surface area contributed by atoms with Crippen LogP contribution < -0.4 is 5.32 Å². The molecule has 3 aromatic rings. The molecule has 10 heteroatoms. The summed E-state index contributed by atoms with van der Waals surface area (Å²) in [5.74, 6) is -0.445.